The van der Waals surface area contributed by atoms with Gasteiger partial charge in [-0.05, 0) is 61.8 Å². The fraction of sp³-hybridized carbons (Fsp3) is 0.471. The standard InChI is InChI=1S/C17H21NO2S/c1-10-8-11(2)13(12(3)9-10)14-15(19)17(18-16(14)20)4-6-21-7-5-17/h8-9,19H,4-7H2,1-3H3,(H,18,20). The number of thioether (sulfide) groups is 1. The third kappa shape index (κ3) is 2.26. The molecule has 1 saturated heterocycles. The number of benzene rings is 1. The number of hydrogen-bond acceptors (Lipinski definition) is 3. The summed E-state index contributed by atoms with van der Waals surface area (Å²) in [5.74, 6) is 2.07. The summed E-state index contributed by atoms with van der Waals surface area (Å²) in [5, 5.41) is 13.9. The number of amides is 1. The minimum atomic E-state index is -0.526. The SMILES string of the molecule is Cc1cc(C)c(C2=C(O)C3(CCSCC3)NC2=O)c(C)c1. The van der Waals surface area contributed by atoms with E-state index in [1.54, 1.807) is 0 Å². The molecule has 1 aromatic rings. The number of carbonyl (C=O) groups is 1. The molecule has 1 aromatic carbocycles. The van der Waals surface area contributed by atoms with E-state index in [0.717, 1.165) is 41.0 Å². The van der Waals surface area contributed by atoms with Crippen LogP contribution in [-0.2, 0) is 4.79 Å². The monoisotopic (exact) mass is 303 g/mol. The van der Waals surface area contributed by atoms with Gasteiger partial charge in [-0.2, -0.15) is 11.8 Å². The first-order chi connectivity index (χ1) is 9.94. The van der Waals surface area contributed by atoms with Crippen LogP contribution in [0.2, 0.25) is 0 Å². The Labute approximate surface area is 129 Å². The largest absolute Gasteiger partial charge is 0.509 e. The van der Waals surface area contributed by atoms with Gasteiger partial charge in [0.05, 0.1) is 11.1 Å². The quantitative estimate of drug-likeness (QED) is 0.837. The predicted octanol–water partition coefficient (Wildman–Crippen LogP) is 3.28. The molecule has 2 heterocycles. The van der Waals surface area contributed by atoms with Crippen molar-refractivity contribution in [2.24, 2.45) is 0 Å². The van der Waals surface area contributed by atoms with Crippen LogP contribution in [0, 0.1) is 20.8 Å². The molecule has 0 atom stereocenters. The van der Waals surface area contributed by atoms with Gasteiger partial charge >= 0.3 is 0 Å². The highest BCUT2D eigenvalue weighted by Gasteiger charge is 2.47. The van der Waals surface area contributed by atoms with Crippen molar-refractivity contribution in [2.75, 3.05) is 11.5 Å². The van der Waals surface area contributed by atoms with Crippen LogP contribution in [0.4, 0.5) is 0 Å². The minimum Gasteiger partial charge on any atom is -0.509 e. The molecule has 0 saturated carbocycles. The van der Waals surface area contributed by atoms with Crippen molar-refractivity contribution >= 4 is 23.2 Å². The van der Waals surface area contributed by atoms with Crippen LogP contribution in [-0.4, -0.2) is 28.1 Å². The zero-order chi connectivity index (χ0) is 15.2. The molecule has 3 rings (SSSR count). The minimum absolute atomic E-state index is 0.130. The van der Waals surface area contributed by atoms with Gasteiger partial charge in [0.2, 0.25) is 0 Å². The van der Waals surface area contributed by atoms with Gasteiger partial charge in [-0.1, -0.05) is 17.7 Å². The first-order valence-electron chi connectivity index (χ1n) is 7.37. The Hall–Kier alpha value is -1.42. The lowest BCUT2D eigenvalue weighted by atomic mass is 9.87. The van der Waals surface area contributed by atoms with Crippen molar-refractivity contribution < 1.29 is 9.90 Å². The summed E-state index contributed by atoms with van der Waals surface area (Å²) >= 11 is 1.88. The van der Waals surface area contributed by atoms with Crippen LogP contribution in [0.15, 0.2) is 17.9 Å². The zero-order valence-corrected chi connectivity index (χ0v) is 13.6. The lowest BCUT2D eigenvalue weighted by molar-refractivity contribution is -0.116. The first-order valence-corrected chi connectivity index (χ1v) is 8.52. The van der Waals surface area contributed by atoms with Gasteiger partial charge in [-0.15, -0.1) is 0 Å². The lowest BCUT2D eigenvalue weighted by Crippen LogP contribution is -2.47. The van der Waals surface area contributed by atoms with E-state index in [0.29, 0.717) is 5.57 Å². The second-order valence-corrected chi connectivity index (χ2v) is 7.37. The number of rotatable bonds is 1. The second-order valence-electron chi connectivity index (χ2n) is 6.15. The number of aliphatic hydroxyl groups excluding tert-OH is 1. The summed E-state index contributed by atoms with van der Waals surface area (Å²) in [6.07, 6.45) is 1.62. The van der Waals surface area contributed by atoms with E-state index in [-0.39, 0.29) is 11.7 Å². The van der Waals surface area contributed by atoms with Gasteiger partial charge in [-0.25, -0.2) is 0 Å². The highest BCUT2D eigenvalue weighted by Crippen LogP contribution is 2.41. The number of hydrogen-bond donors (Lipinski definition) is 2. The van der Waals surface area contributed by atoms with E-state index in [1.165, 1.54) is 5.56 Å². The van der Waals surface area contributed by atoms with Gasteiger partial charge in [0.15, 0.2) is 0 Å². The maximum absolute atomic E-state index is 12.5. The highest BCUT2D eigenvalue weighted by molar-refractivity contribution is 7.99. The Morgan fingerprint density at radius 3 is 2.29 bits per heavy atom. The van der Waals surface area contributed by atoms with Crippen LogP contribution in [0.1, 0.15) is 35.1 Å². The molecule has 0 aliphatic carbocycles. The summed E-state index contributed by atoms with van der Waals surface area (Å²) in [7, 11) is 0. The van der Waals surface area contributed by atoms with Crippen LogP contribution < -0.4 is 5.32 Å². The molecule has 0 radical (unpaired) electrons. The van der Waals surface area contributed by atoms with E-state index in [1.807, 2.05) is 32.5 Å². The Morgan fingerprint density at radius 1 is 1.14 bits per heavy atom. The summed E-state index contributed by atoms with van der Waals surface area (Å²) in [6.45, 7) is 6.06. The van der Waals surface area contributed by atoms with Gasteiger partial charge in [0.25, 0.3) is 5.91 Å². The van der Waals surface area contributed by atoms with E-state index < -0.39 is 5.54 Å². The molecule has 0 aromatic heterocycles. The third-order valence-electron chi connectivity index (χ3n) is 4.54. The van der Waals surface area contributed by atoms with Crippen molar-refractivity contribution in [1.29, 1.82) is 0 Å². The van der Waals surface area contributed by atoms with Crippen molar-refractivity contribution in [3.05, 3.63) is 40.1 Å². The van der Waals surface area contributed by atoms with E-state index >= 15 is 0 Å². The van der Waals surface area contributed by atoms with Crippen molar-refractivity contribution in [3.63, 3.8) is 0 Å². The van der Waals surface area contributed by atoms with Crippen LogP contribution in [0.3, 0.4) is 0 Å². The molecule has 0 unspecified atom stereocenters. The molecule has 3 nitrogen and oxygen atoms in total. The van der Waals surface area contributed by atoms with Crippen LogP contribution >= 0.6 is 11.8 Å². The van der Waals surface area contributed by atoms with Gasteiger partial charge in [-0.3, -0.25) is 4.79 Å². The smallest absolute Gasteiger partial charge is 0.256 e. The summed E-state index contributed by atoms with van der Waals surface area (Å²) in [6, 6.07) is 4.13. The molecule has 2 N–H and O–H groups in total. The number of carbonyl (C=O) groups excluding carboxylic acids is 1. The Kier molecular flexibility index (Phi) is 3.52. The second kappa shape index (κ2) is 5.09. The first kappa shape index (κ1) is 14.5. The van der Waals surface area contributed by atoms with Crippen LogP contribution in [0.5, 0.6) is 0 Å². The number of aliphatic hydroxyl groups is 1. The normalized spacial score (nSPS) is 21.0. The maximum Gasteiger partial charge on any atom is 0.256 e. The van der Waals surface area contributed by atoms with E-state index in [4.69, 9.17) is 0 Å². The average Bonchev–Trinajstić information content (AvgIpc) is 2.63. The zero-order valence-electron chi connectivity index (χ0n) is 12.7. The Bertz CT molecular complexity index is 619. The third-order valence-corrected chi connectivity index (χ3v) is 5.53. The van der Waals surface area contributed by atoms with Gasteiger partial charge in [0.1, 0.15) is 5.76 Å². The number of nitrogens with one attached hydrogen (secondary N) is 1. The fourth-order valence-electron chi connectivity index (χ4n) is 3.57. The van der Waals surface area contributed by atoms with E-state index in [2.05, 4.69) is 17.4 Å². The average molecular weight is 303 g/mol. The maximum atomic E-state index is 12.5. The molecular formula is C17H21NO2S. The summed E-state index contributed by atoms with van der Waals surface area (Å²) in [5.41, 5.74) is 4.12. The lowest BCUT2D eigenvalue weighted by Gasteiger charge is -2.33. The highest BCUT2D eigenvalue weighted by atomic mass is 32.2. The van der Waals surface area contributed by atoms with E-state index in [9.17, 15) is 9.90 Å². The molecule has 21 heavy (non-hydrogen) atoms. The van der Waals surface area contributed by atoms with Crippen LogP contribution in [0.25, 0.3) is 5.57 Å². The molecule has 4 heteroatoms. The molecule has 1 spiro atoms. The van der Waals surface area contributed by atoms with Crippen molar-refractivity contribution in [1.82, 2.24) is 5.32 Å². The van der Waals surface area contributed by atoms with Gasteiger partial charge in [0, 0.05) is 0 Å². The topological polar surface area (TPSA) is 49.3 Å². The number of aryl methyl sites for hydroxylation is 3. The van der Waals surface area contributed by atoms with Crippen molar-refractivity contribution in [2.45, 2.75) is 39.2 Å². The molecular weight excluding hydrogens is 282 g/mol. The predicted molar refractivity (Wildman–Crippen MR) is 87.6 cm³/mol. The molecule has 112 valence electrons. The molecule has 0 bridgehead atoms. The molecule has 1 amide bonds. The fourth-order valence-corrected chi connectivity index (χ4v) is 4.76. The Morgan fingerprint density at radius 2 is 1.71 bits per heavy atom. The molecule has 2 aliphatic rings. The van der Waals surface area contributed by atoms with Crippen molar-refractivity contribution in [3.8, 4) is 0 Å². The molecule has 2 aliphatic heterocycles. The summed E-state index contributed by atoms with van der Waals surface area (Å²) < 4.78 is 0. The van der Waals surface area contributed by atoms with Gasteiger partial charge < -0.3 is 10.4 Å². The summed E-state index contributed by atoms with van der Waals surface area (Å²) in [4.78, 5) is 12.5. The molecule has 1 fully saturated rings. The Balaban J connectivity index is 2.15.